The van der Waals surface area contributed by atoms with Crippen molar-refractivity contribution < 1.29 is 9.47 Å². The molecule has 1 aromatic heterocycles. The molecule has 0 spiro atoms. The molecule has 4 nitrogen and oxygen atoms in total. The first-order valence-electron chi connectivity index (χ1n) is 8.91. The highest BCUT2D eigenvalue weighted by atomic mass is 32.1. The number of fused-ring (bicyclic) bond motifs is 3. The van der Waals surface area contributed by atoms with Gasteiger partial charge in [-0.25, -0.2) is 0 Å². The number of methoxy groups -OCH3 is 1. The van der Waals surface area contributed by atoms with Crippen LogP contribution in [0, 0.1) is 4.64 Å². The van der Waals surface area contributed by atoms with Gasteiger partial charge in [0.2, 0.25) is 0 Å². The Labute approximate surface area is 168 Å². The second-order valence-electron chi connectivity index (χ2n) is 6.98. The van der Waals surface area contributed by atoms with Crippen molar-refractivity contribution in [3.63, 3.8) is 0 Å². The highest BCUT2D eigenvalue weighted by molar-refractivity contribution is 7.71. The van der Waals surface area contributed by atoms with E-state index in [1.807, 2.05) is 37.3 Å². The maximum absolute atomic E-state index is 5.86. The molecule has 0 atom stereocenters. The van der Waals surface area contributed by atoms with E-state index in [1.165, 1.54) is 11.1 Å². The van der Waals surface area contributed by atoms with Crippen molar-refractivity contribution >= 4 is 28.8 Å². The number of aromatic nitrogens is 1. The Hall–Kier alpha value is -2.31. The Balaban J connectivity index is 1.85. The van der Waals surface area contributed by atoms with Crippen LogP contribution in [0.5, 0.6) is 11.5 Å². The molecular weight excluding hydrogens is 376 g/mol. The van der Waals surface area contributed by atoms with Crippen LogP contribution in [0.1, 0.15) is 26.3 Å². The summed E-state index contributed by atoms with van der Waals surface area (Å²) >= 11 is 7.50. The molecule has 0 fully saturated rings. The third-order valence-corrected chi connectivity index (χ3v) is 6.35. The summed E-state index contributed by atoms with van der Waals surface area (Å²) in [5.74, 6) is 1.72. The van der Waals surface area contributed by atoms with Crippen molar-refractivity contribution in [2.24, 2.45) is 0 Å². The molecule has 2 heterocycles. The number of ether oxygens (including phenoxy) is 2. The van der Waals surface area contributed by atoms with E-state index in [9.17, 15) is 0 Å². The van der Waals surface area contributed by atoms with Gasteiger partial charge in [-0.3, -0.25) is 3.96 Å². The van der Waals surface area contributed by atoms with Gasteiger partial charge in [-0.15, -0.1) is 0 Å². The molecule has 1 aliphatic heterocycles. The van der Waals surface area contributed by atoms with E-state index >= 15 is 0 Å². The first kappa shape index (κ1) is 18.1. The van der Waals surface area contributed by atoms with Gasteiger partial charge in [0.25, 0.3) is 0 Å². The zero-order valence-electron chi connectivity index (χ0n) is 15.8. The average molecular weight is 399 g/mol. The summed E-state index contributed by atoms with van der Waals surface area (Å²) in [6, 6.07) is 14.3. The monoisotopic (exact) mass is 398 g/mol. The molecule has 0 aliphatic carbocycles. The second-order valence-corrected chi connectivity index (χ2v) is 8.33. The molecule has 27 heavy (non-hydrogen) atoms. The fourth-order valence-electron chi connectivity index (χ4n) is 3.45. The molecule has 3 aromatic rings. The maximum Gasteiger partial charge on any atom is 0.130 e. The van der Waals surface area contributed by atoms with Gasteiger partial charge in [0.15, 0.2) is 0 Å². The van der Waals surface area contributed by atoms with Crippen LogP contribution in [0.3, 0.4) is 0 Å². The van der Waals surface area contributed by atoms with Crippen molar-refractivity contribution in [2.75, 3.05) is 19.0 Å². The summed E-state index contributed by atoms with van der Waals surface area (Å²) in [6.45, 7) is 7.00. The van der Waals surface area contributed by atoms with Crippen LogP contribution >= 0.6 is 23.8 Å². The lowest BCUT2D eigenvalue weighted by Crippen LogP contribution is -2.31. The number of hydrogen-bond acceptors (Lipinski definition) is 5. The SMILES string of the molecule is CCOc1ccc(-n2sc3c(c2=S)-c2ccc(OC)cc2C(C)(C)N3)cc1. The smallest absolute Gasteiger partial charge is 0.130 e. The zero-order chi connectivity index (χ0) is 19.2. The molecular formula is C21H22N2O2S2. The van der Waals surface area contributed by atoms with Crippen molar-refractivity contribution in [1.82, 2.24) is 3.96 Å². The van der Waals surface area contributed by atoms with Crippen molar-refractivity contribution in [2.45, 2.75) is 26.3 Å². The van der Waals surface area contributed by atoms with E-state index in [-0.39, 0.29) is 5.54 Å². The topological polar surface area (TPSA) is 35.4 Å². The lowest BCUT2D eigenvalue weighted by atomic mass is 9.84. The highest BCUT2D eigenvalue weighted by Crippen LogP contribution is 2.48. The minimum atomic E-state index is -0.208. The van der Waals surface area contributed by atoms with Crippen LogP contribution in [0.2, 0.25) is 0 Å². The second kappa shape index (κ2) is 6.69. The van der Waals surface area contributed by atoms with E-state index in [2.05, 4.69) is 35.3 Å². The molecule has 0 saturated heterocycles. The van der Waals surface area contributed by atoms with E-state index < -0.39 is 0 Å². The number of benzene rings is 2. The third-order valence-electron chi connectivity index (χ3n) is 4.79. The summed E-state index contributed by atoms with van der Waals surface area (Å²) < 4.78 is 13.9. The average Bonchev–Trinajstić information content (AvgIpc) is 2.98. The number of rotatable bonds is 4. The van der Waals surface area contributed by atoms with E-state index in [1.54, 1.807) is 18.6 Å². The van der Waals surface area contributed by atoms with E-state index in [0.717, 1.165) is 32.4 Å². The van der Waals surface area contributed by atoms with Gasteiger partial charge in [-0.05, 0) is 79.8 Å². The maximum atomic E-state index is 5.86. The number of anilines is 1. The Morgan fingerprint density at radius 2 is 1.81 bits per heavy atom. The standard InChI is InChI=1S/C21H22N2O2S2/c1-5-25-14-8-6-13(7-9-14)23-20(26)18-16-11-10-15(24-4)12-17(16)21(2,3)22-19(18)27-23/h6-12,22H,5H2,1-4H3. The minimum Gasteiger partial charge on any atom is -0.497 e. The van der Waals surface area contributed by atoms with Gasteiger partial charge in [-0.2, -0.15) is 0 Å². The molecule has 2 aromatic carbocycles. The first-order valence-corrected chi connectivity index (χ1v) is 10.1. The number of nitrogens with zero attached hydrogens (tertiary/aromatic N) is 1. The summed E-state index contributed by atoms with van der Waals surface area (Å²) in [5.41, 5.74) is 4.27. The van der Waals surface area contributed by atoms with E-state index in [4.69, 9.17) is 21.7 Å². The molecule has 0 bridgehead atoms. The van der Waals surface area contributed by atoms with Gasteiger partial charge in [0.05, 0.1) is 30.5 Å². The Morgan fingerprint density at radius 1 is 1.11 bits per heavy atom. The van der Waals surface area contributed by atoms with Crippen LogP contribution < -0.4 is 14.8 Å². The quantitative estimate of drug-likeness (QED) is 0.547. The molecule has 1 aliphatic rings. The Kier molecular flexibility index (Phi) is 4.48. The third kappa shape index (κ3) is 3.03. The number of nitrogens with one attached hydrogen (secondary N) is 1. The molecule has 0 saturated carbocycles. The van der Waals surface area contributed by atoms with Gasteiger partial charge in [0.1, 0.15) is 21.1 Å². The molecule has 140 valence electrons. The van der Waals surface area contributed by atoms with Crippen LogP contribution in [0.25, 0.3) is 16.8 Å². The highest BCUT2D eigenvalue weighted by Gasteiger charge is 2.33. The van der Waals surface area contributed by atoms with Gasteiger partial charge >= 0.3 is 0 Å². The molecule has 1 N–H and O–H groups in total. The Morgan fingerprint density at radius 3 is 2.48 bits per heavy atom. The zero-order valence-corrected chi connectivity index (χ0v) is 17.5. The minimum absolute atomic E-state index is 0.208. The van der Waals surface area contributed by atoms with Crippen LogP contribution in [0.4, 0.5) is 5.00 Å². The van der Waals surface area contributed by atoms with E-state index in [0.29, 0.717) is 6.61 Å². The summed E-state index contributed by atoms with van der Waals surface area (Å²) in [6.07, 6.45) is 0. The van der Waals surface area contributed by atoms with Gasteiger partial charge < -0.3 is 14.8 Å². The predicted octanol–water partition coefficient (Wildman–Crippen LogP) is 6.00. The van der Waals surface area contributed by atoms with Crippen molar-refractivity contribution in [1.29, 1.82) is 0 Å². The first-order chi connectivity index (χ1) is 12.9. The fraction of sp³-hybridized carbons (Fsp3) is 0.286. The van der Waals surface area contributed by atoms with Crippen molar-refractivity contribution in [3.8, 4) is 28.3 Å². The fourth-order valence-corrected chi connectivity index (χ4v) is 5.13. The predicted molar refractivity (Wildman–Crippen MR) is 114 cm³/mol. The number of hydrogen-bond donors (Lipinski definition) is 1. The largest absolute Gasteiger partial charge is 0.497 e. The Bertz CT molecular complexity index is 1050. The van der Waals surface area contributed by atoms with Gasteiger partial charge in [-0.1, -0.05) is 18.3 Å². The van der Waals surface area contributed by atoms with Crippen molar-refractivity contribution in [3.05, 3.63) is 52.7 Å². The van der Waals surface area contributed by atoms with Crippen LogP contribution in [-0.4, -0.2) is 17.7 Å². The lowest BCUT2D eigenvalue weighted by Gasteiger charge is -2.34. The van der Waals surface area contributed by atoms with Crippen LogP contribution in [0.15, 0.2) is 42.5 Å². The molecule has 4 rings (SSSR count). The summed E-state index contributed by atoms with van der Waals surface area (Å²) in [7, 11) is 1.69. The van der Waals surface area contributed by atoms with Gasteiger partial charge in [0, 0.05) is 0 Å². The summed E-state index contributed by atoms with van der Waals surface area (Å²) in [5, 5.41) is 4.75. The molecule has 0 amide bonds. The normalized spacial score (nSPS) is 14.1. The molecule has 0 unspecified atom stereocenters. The molecule has 0 radical (unpaired) electrons. The molecule has 6 heteroatoms. The van der Waals surface area contributed by atoms with Crippen LogP contribution in [-0.2, 0) is 5.54 Å². The summed E-state index contributed by atoms with van der Waals surface area (Å²) in [4.78, 5) is 0. The lowest BCUT2D eigenvalue weighted by molar-refractivity contribution is 0.340.